The van der Waals surface area contributed by atoms with Gasteiger partial charge in [-0.05, 0) is 32.1 Å². The minimum absolute atomic E-state index is 0.403. The van der Waals surface area contributed by atoms with E-state index < -0.39 is 12.4 Å². The summed E-state index contributed by atoms with van der Waals surface area (Å²) in [4.78, 5) is 0. The molecule has 90 valence electrons. The zero-order valence-electron chi connectivity index (χ0n) is 9.65. The number of rotatable bonds is 7. The van der Waals surface area contributed by atoms with Crippen LogP contribution in [-0.2, 0) is 14.2 Å². The lowest BCUT2D eigenvalue weighted by Crippen LogP contribution is -2.29. The summed E-state index contributed by atoms with van der Waals surface area (Å²) in [5.41, 5.74) is 0. The lowest BCUT2D eigenvalue weighted by atomic mass is 10.1. The maximum atomic E-state index is 9.69. The third kappa shape index (κ3) is 4.47. The van der Waals surface area contributed by atoms with Gasteiger partial charge in [0.1, 0.15) is 6.10 Å². The molecule has 1 N–H and O–H groups in total. The molecule has 4 heteroatoms. The molecule has 1 rings (SSSR count). The van der Waals surface area contributed by atoms with Crippen LogP contribution in [0.15, 0.2) is 0 Å². The molecule has 4 nitrogen and oxygen atoms in total. The Morgan fingerprint density at radius 3 is 2.67 bits per heavy atom. The fourth-order valence-electron chi connectivity index (χ4n) is 1.97. The van der Waals surface area contributed by atoms with Crippen molar-refractivity contribution >= 4 is 0 Å². The third-order valence-corrected chi connectivity index (χ3v) is 2.83. The SMILES string of the molecule is COC(OC)C(O)CCCC1CCCO1. The Morgan fingerprint density at radius 2 is 2.13 bits per heavy atom. The largest absolute Gasteiger partial charge is 0.388 e. The van der Waals surface area contributed by atoms with Crippen molar-refractivity contribution in [1.29, 1.82) is 0 Å². The van der Waals surface area contributed by atoms with Crippen LogP contribution in [0, 0.1) is 0 Å². The van der Waals surface area contributed by atoms with Gasteiger partial charge < -0.3 is 19.3 Å². The van der Waals surface area contributed by atoms with Crippen LogP contribution >= 0.6 is 0 Å². The molecule has 15 heavy (non-hydrogen) atoms. The van der Waals surface area contributed by atoms with Gasteiger partial charge in [-0.15, -0.1) is 0 Å². The van der Waals surface area contributed by atoms with Crippen LogP contribution in [0.1, 0.15) is 32.1 Å². The summed E-state index contributed by atoms with van der Waals surface area (Å²) in [6.07, 6.45) is 4.37. The van der Waals surface area contributed by atoms with E-state index in [1.165, 1.54) is 20.6 Å². The second kappa shape index (κ2) is 7.17. The van der Waals surface area contributed by atoms with Crippen molar-refractivity contribution in [2.45, 2.75) is 50.6 Å². The molecule has 0 saturated carbocycles. The molecule has 0 aromatic carbocycles. The van der Waals surface area contributed by atoms with Crippen molar-refractivity contribution in [2.75, 3.05) is 20.8 Å². The van der Waals surface area contributed by atoms with Crippen LogP contribution in [0.3, 0.4) is 0 Å². The van der Waals surface area contributed by atoms with Gasteiger partial charge >= 0.3 is 0 Å². The van der Waals surface area contributed by atoms with Crippen molar-refractivity contribution in [1.82, 2.24) is 0 Å². The van der Waals surface area contributed by atoms with Gasteiger partial charge in [-0.3, -0.25) is 0 Å². The molecule has 0 amide bonds. The van der Waals surface area contributed by atoms with Crippen molar-refractivity contribution < 1.29 is 19.3 Å². The van der Waals surface area contributed by atoms with E-state index in [4.69, 9.17) is 14.2 Å². The summed E-state index contributed by atoms with van der Waals surface area (Å²) in [7, 11) is 3.08. The van der Waals surface area contributed by atoms with Gasteiger partial charge in [0.2, 0.25) is 0 Å². The fourth-order valence-corrected chi connectivity index (χ4v) is 1.97. The Hall–Kier alpha value is -0.160. The van der Waals surface area contributed by atoms with Gasteiger partial charge in [0.05, 0.1) is 6.10 Å². The molecular formula is C11H22O4. The second-order valence-corrected chi connectivity index (χ2v) is 3.97. The van der Waals surface area contributed by atoms with Gasteiger partial charge in [-0.25, -0.2) is 0 Å². The summed E-state index contributed by atoms with van der Waals surface area (Å²) in [5, 5.41) is 9.69. The average molecular weight is 218 g/mol. The molecule has 0 radical (unpaired) electrons. The zero-order valence-corrected chi connectivity index (χ0v) is 9.65. The highest BCUT2D eigenvalue weighted by molar-refractivity contribution is 4.67. The van der Waals surface area contributed by atoms with Crippen molar-refractivity contribution in [3.05, 3.63) is 0 Å². The van der Waals surface area contributed by atoms with E-state index in [9.17, 15) is 5.11 Å². The zero-order chi connectivity index (χ0) is 11.1. The molecule has 1 heterocycles. The first-order valence-corrected chi connectivity index (χ1v) is 5.63. The molecule has 1 fully saturated rings. The predicted octanol–water partition coefficient (Wildman–Crippen LogP) is 1.32. The number of ether oxygens (including phenoxy) is 3. The van der Waals surface area contributed by atoms with E-state index in [1.807, 2.05) is 0 Å². The minimum Gasteiger partial charge on any atom is -0.388 e. The molecule has 2 atom stereocenters. The fraction of sp³-hybridized carbons (Fsp3) is 1.00. The lowest BCUT2D eigenvalue weighted by molar-refractivity contribution is -0.166. The number of aliphatic hydroxyl groups is 1. The smallest absolute Gasteiger partial charge is 0.182 e. The van der Waals surface area contributed by atoms with Crippen molar-refractivity contribution in [3.63, 3.8) is 0 Å². The van der Waals surface area contributed by atoms with Crippen LogP contribution in [0.5, 0.6) is 0 Å². The van der Waals surface area contributed by atoms with Crippen molar-refractivity contribution in [3.8, 4) is 0 Å². The Bertz CT molecular complexity index is 153. The van der Waals surface area contributed by atoms with E-state index in [0.717, 1.165) is 25.9 Å². The van der Waals surface area contributed by atoms with E-state index in [1.54, 1.807) is 0 Å². The number of methoxy groups -OCH3 is 2. The van der Waals surface area contributed by atoms with Gasteiger partial charge in [0.25, 0.3) is 0 Å². The molecular weight excluding hydrogens is 196 g/mol. The van der Waals surface area contributed by atoms with Gasteiger partial charge in [-0.2, -0.15) is 0 Å². The van der Waals surface area contributed by atoms with Crippen LogP contribution < -0.4 is 0 Å². The summed E-state index contributed by atoms with van der Waals surface area (Å²) in [5.74, 6) is 0. The Labute approximate surface area is 91.5 Å². The first-order chi connectivity index (χ1) is 7.27. The summed E-state index contributed by atoms with van der Waals surface area (Å²) in [6, 6.07) is 0. The van der Waals surface area contributed by atoms with Crippen molar-refractivity contribution in [2.24, 2.45) is 0 Å². The standard InChI is InChI=1S/C11H22O4/c1-13-11(14-2)10(12)7-3-5-9-6-4-8-15-9/h9-12H,3-8H2,1-2H3. The second-order valence-electron chi connectivity index (χ2n) is 3.97. The third-order valence-electron chi connectivity index (χ3n) is 2.83. The van der Waals surface area contributed by atoms with Crippen LogP contribution in [0.25, 0.3) is 0 Å². The maximum absolute atomic E-state index is 9.69. The average Bonchev–Trinajstić information content (AvgIpc) is 2.72. The lowest BCUT2D eigenvalue weighted by Gasteiger charge is -2.20. The Morgan fingerprint density at radius 1 is 1.40 bits per heavy atom. The molecule has 0 aromatic heterocycles. The van der Waals surface area contributed by atoms with E-state index in [2.05, 4.69) is 0 Å². The topological polar surface area (TPSA) is 47.9 Å². The highest BCUT2D eigenvalue weighted by Gasteiger charge is 2.19. The molecule has 0 aromatic rings. The monoisotopic (exact) mass is 218 g/mol. The van der Waals surface area contributed by atoms with Gasteiger partial charge in [0, 0.05) is 20.8 Å². The first kappa shape index (κ1) is 12.9. The molecule has 0 bridgehead atoms. The summed E-state index contributed by atoms with van der Waals surface area (Å²) < 4.78 is 15.5. The highest BCUT2D eigenvalue weighted by atomic mass is 16.7. The van der Waals surface area contributed by atoms with Crippen LogP contribution in [-0.4, -0.2) is 44.4 Å². The van der Waals surface area contributed by atoms with Crippen LogP contribution in [0.4, 0.5) is 0 Å². The van der Waals surface area contributed by atoms with E-state index >= 15 is 0 Å². The number of aliphatic hydroxyl groups excluding tert-OH is 1. The normalized spacial score (nSPS) is 23.6. The minimum atomic E-state index is -0.540. The first-order valence-electron chi connectivity index (χ1n) is 5.63. The van der Waals surface area contributed by atoms with Gasteiger partial charge in [-0.1, -0.05) is 0 Å². The molecule has 1 aliphatic heterocycles. The predicted molar refractivity (Wildman–Crippen MR) is 56.6 cm³/mol. The molecule has 0 spiro atoms. The van der Waals surface area contributed by atoms with Gasteiger partial charge in [0.15, 0.2) is 6.29 Å². The quantitative estimate of drug-likeness (QED) is 0.655. The highest BCUT2D eigenvalue weighted by Crippen LogP contribution is 2.19. The number of hydrogen-bond donors (Lipinski definition) is 1. The maximum Gasteiger partial charge on any atom is 0.182 e. The Balaban J connectivity index is 2.07. The van der Waals surface area contributed by atoms with E-state index in [0.29, 0.717) is 12.5 Å². The molecule has 1 saturated heterocycles. The summed E-state index contributed by atoms with van der Waals surface area (Å²) in [6.45, 7) is 0.895. The van der Waals surface area contributed by atoms with E-state index in [-0.39, 0.29) is 0 Å². The molecule has 1 aliphatic rings. The summed E-state index contributed by atoms with van der Waals surface area (Å²) >= 11 is 0. The molecule has 2 unspecified atom stereocenters. The van der Waals surface area contributed by atoms with Crippen LogP contribution in [0.2, 0.25) is 0 Å². The number of hydrogen-bond acceptors (Lipinski definition) is 4. The molecule has 0 aliphatic carbocycles. The Kier molecular flexibility index (Phi) is 6.17.